The average Bonchev–Trinajstić information content (AvgIpc) is 2.78. The Labute approximate surface area is 183 Å². The number of nitrogens with zero attached hydrogens (tertiary/aromatic N) is 4. The van der Waals surface area contributed by atoms with Gasteiger partial charge in [-0.05, 0) is 36.8 Å². The SMILES string of the molecule is C[C@@H]1CN(c2cc(Oc3ccc(F)c(F)c3)ncn2)CCN1C(=O)Cc1ccc(F)cc1. The fraction of sp³-hybridized carbons (Fsp3) is 0.261. The van der Waals surface area contributed by atoms with E-state index in [2.05, 4.69) is 9.97 Å². The summed E-state index contributed by atoms with van der Waals surface area (Å²) in [5.41, 5.74) is 0.765. The number of ether oxygens (including phenoxy) is 1. The van der Waals surface area contributed by atoms with Gasteiger partial charge in [0.15, 0.2) is 11.6 Å². The molecule has 1 saturated heterocycles. The first-order valence-corrected chi connectivity index (χ1v) is 10.1. The van der Waals surface area contributed by atoms with E-state index in [0.29, 0.717) is 25.5 Å². The van der Waals surface area contributed by atoms with E-state index in [4.69, 9.17) is 4.74 Å². The normalized spacial score (nSPS) is 16.2. The predicted molar refractivity (Wildman–Crippen MR) is 112 cm³/mol. The number of carbonyl (C=O) groups is 1. The molecule has 3 aromatic rings. The largest absolute Gasteiger partial charge is 0.439 e. The van der Waals surface area contributed by atoms with Crippen LogP contribution in [0.15, 0.2) is 54.9 Å². The number of carbonyl (C=O) groups excluding carboxylic acids is 1. The second kappa shape index (κ2) is 9.25. The molecular formula is C23H21F3N4O2. The number of halogens is 3. The standard InChI is InChI=1S/C23H21F3N4O2/c1-15-13-29(8-9-30(15)23(31)10-16-2-4-17(24)5-3-16)21-12-22(28-14-27-21)32-18-6-7-19(25)20(26)11-18/h2-7,11-12,14-15H,8-10,13H2,1H3/t15-/m1/s1. The van der Waals surface area contributed by atoms with Crippen molar-refractivity contribution in [3.8, 4) is 11.6 Å². The van der Waals surface area contributed by atoms with Crippen molar-refractivity contribution in [2.45, 2.75) is 19.4 Å². The van der Waals surface area contributed by atoms with Gasteiger partial charge in [-0.3, -0.25) is 4.79 Å². The van der Waals surface area contributed by atoms with Gasteiger partial charge >= 0.3 is 0 Å². The minimum Gasteiger partial charge on any atom is -0.439 e. The molecule has 2 aromatic carbocycles. The summed E-state index contributed by atoms with van der Waals surface area (Å²) >= 11 is 0. The van der Waals surface area contributed by atoms with Crippen LogP contribution in [0.1, 0.15) is 12.5 Å². The predicted octanol–water partition coefficient (Wildman–Crippen LogP) is 3.97. The summed E-state index contributed by atoms with van der Waals surface area (Å²) in [6, 6.07) is 10.7. The highest BCUT2D eigenvalue weighted by atomic mass is 19.2. The summed E-state index contributed by atoms with van der Waals surface area (Å²) in [7, 11) is 0. The zero-order valence-electron chi connectivity index (χ0n) is 17.3. The summed E-state index contributed by atoms with van der Waals surface area (Å²) in [5, 5.41) is 0. The molecule has 0 aliphatic carbocycles. The van der Waals surface area contributed by atoms with Gasteiger partial charge in [-0.2, -0.15) is 0 Å². The second-order valence-electron chi connectivity index (χ2n) is 7.58. The number of benzene rings is 2. The number of hydrogen-bond donors (Lipinski definition) is 0. The van der Waals surface area contributed by atoms with Gasteiger partial charge in [0.25, 0.3) is 0 Å². The fourth-order valence-corrected chi connectivity index (χ4v) is 3.63. The van der Waals surface area contributed by atoms with Gasteiger partial charge in [-0.15, -0.1) is 0 Å². The lowest BCUT2D eigenvalue weighted by Gasteiger charge is -2.40. The number of aromatic nitrogens is 2. The van der Waals surface area contributed by atoms with Crippen molar-refractivity contribution in [1.82, 2.24) is 14.9 Å². The molecule has 1 aliphatic rings. The van der Waals surface area contributed by atoms with Gasteiger partial charge in [0, 0.05) is 37.8 Å². The van der Waals surface area contributed by atoms with Crippen molar-refractivity contribution in [2.24, 2.45) is 0 Å². The van der Waals surface area contributed by atoms with Gasteiger partial charge in [-0.1, -0.05) is 12.1 Å². The maximum absolute atomic E-state index is 13.4. The first kappa shape index (κ1) is 21.6. The molecule has 0 bridgehead atoms. The summed E-state index contributed by atoms with van der Waals surface area (Å²) in [6.07, 6.45) is 1.55. The van der Waals surface area contributed by atoms with Crippen molar-refractivity contribution in [3.63, 3.8) is 0 Å². The lowest BCUT2D eigenvalue weighted by atomic mass is 10.1. The molecule has 0 saturated carbocycles. The van der Waals surface area contributed by atoms with Crippen LogP contribution in [0.5, 0.6) is 11.6 Å². The van der Waals surface area contributed by atoms with Crippen molar-refractivity contribution < 1.29 is 22.7 Å². The smallest absolute Gasteiger partial charge is 0.227 e. The van der Waals surface area contributed by atoms with Crippen LogP contribution in [0.3, 0.4) is 0 Å². The van der Waals surface area contributed by atoms with E-state index < -0.39 is 11.6 Å². The quantitative estimate of drug-likeness (QED) is 0.599. The maximum Gasteiger partial charge on any atom is 0.227 e. The van der Waals surface area contributed by atoms with E-state index >= 15 is 0 Å². The van der Waals surface area contributed by atoms with Crippen LogP contribution >= 0.6 is 0 Å². The Morgan fingerprint density at radius 3 is 2.53 bits per heavy atom. The third kappa shape index (κ3) is 4.99. The van der Waals surface area contributed by atoms with Crippen LogP contribution < -0.4 is 9.64 Å². The van der Waals surface area contributed by atoms with Crippen LogP contribution in [0.2, 0.25) is 0 Å². The lowest BCUT2D eigenvalue weighted by Crippen LogP contribution is -2.54. The second-order valence-corrected chi connectivity index (χ2v) is 7.58. The number of piperazine rings is 1. The van der Waals surface area contributed by atoms with Gasteiger partial charge < -0.3 is 14.5 Å². The maximum atomic E-state index is 13.4. The zero-order chi connectivity index (χ0) is 22.7. The van der Waals surface area contributed by atoms with Gasteiger partial charge in [-0.25, -0.2) is 23.1 Å². The van der Waals surface area contributed by atoms with Gasteiger partial charge in [0.1, 0.15) is 23.7 Å². The van der Waals surface area contributed by atoms with Gasteiger partial charge in [0.05, 0.1) is 6.42 Å². The third-order valence-electron chi connectivity index (χ3n) is 5.28. The van der Waals surface area contributed by atoms with Gasteiger partial charge in [0.2, 0.25) is 11.8 Å². The highest BCUT2D eigenvalue weighted by Gasteiger charge is 2.28. The molecule has 1 atom stereocenters. The highest BCUT2D eigenvalue weighted by Crippen LogP contribution is 2.25. The van der Waals surface area contributed by atoms with E-state index in [1.165, 1.54) is 24.5 Å². The zero-order valence-corrected chi connectivity index (χ0v) is 17.3. The molecule has 1 aromatic heterocycles. The molecule has 166 valence electrons. The van der Waals surface area contributed by atoms with Crippen molar-refractivity contribution in [3.05, 3.63) is 77.9 Å². The molecule has 1 fully saturated rings. The topological polar surface area (TPSA) is 58.6 Å². The van der Waals surface area contributed by atoms with Crippen molar-refractivity contribution in [2.75, 3.05) is 24.5 Å². The van der Waals surface area contributed by atoms with Crippen LogP contribution in [-0.4, -0.2) is 46.5 Å². The molecule has 32 heavy (non-hydrogen) atoms. The Bertz CT molecular complexity index is 1110. The molecule has 1 aliphatic heterocycles. The van der Waals surface area contributed by atoms with E-state index in [9.17, 15) is 18.0 Å². The molecule has 9 heteroatoms. The number of anilines is 1. The first-order valence-electron chi connectivity index (χ1n) is 10.1. The minimum absolute atomic E-state index is 0.0196. The van der Waals surface area contributed by atoms with Crippen LogP contribution in [0.25, 0.3) is 0 Å². The number of amides is 1. The summed E-state index contributed by atoms with van der Waals surface area (Å²) in [4.78, 5) is 24.8. The Hall–Kier alpha value is -3.62. The molecular weight excluding hydrogens is 421 g/mol. The van der Waals surface area contributed by atoms with E-state index in [0.717, 1.165) is 17.7 Å². The molecule has 0 N–H and O–H groups in total. The summed E-state index contributed by atoms with van der Waals surface area (Å²) < 4.78 is 45.1. The average molecular weight is 442 g/mol. The molecule has 0 spiro atoms. The van der Waals surface area contributed by atoms with Crippen LogP contribution in [-0.2, 0) is 11.2 Å². The Morgan fingerprint density at radius 1 is 1.03 bits per heavy atom. The molecule has 2 heterocycles. The summed E-state index contributed by atoms with van der Waals surface area (Å²) in [5.74, 6) is -1.39. The molecule has 6 nitrogen and oxygen atoms in total. The van der Waals surface area contributed by atoms with Crippen LogP contribution in [0, 0.1) is 17.5 Å². The Balaban J connectivity index is 1.39. The van der Waals surface area contributed by atoms with E-state index in [1.807, 2.05) is 11.8 Å². The molecule has 0 radical (unpaired) electrons. The summed E-state index contributed by atoms with van der Waals surface area (Å²) in [6.45, 7) is 3.57. The number of rotatable bonds is 5. The van der Waals surface area contributed by atoms with Crippen molar-refractivity contribution in [1.29, 1.82) is 0 Å². The highest BCUT2D eigenvalue weighted by molar-refractivity contribution is 5.79. The third-order valence-corrected chi connectivity index (χ3v) is 5.28. The first-order chi connectivity index (χ1) is 15.4. The number of hydrogen-bond acceptors (Lipinski definition) is 5. The van der Waals surface area contributed by atoms with E-state index in [-0.39, 0.29) is 35.8 Å². The monoisotopic (exact) mass is 442 g/mol. The lowest BCUT2D eigenvalue weighted by molar-refractivity contribution is -0.132. The molecule has 4 rings (SSSR count). The van der Waals surface area contributed by atoms with E-state index in [1.54, 1.807) is 23.1 Å². The fourth-order valence-electron chi connectivity index (χ4n) is 3.63. The van der Waals surface area contributed by atoms with Crippen LogP contribution in [0.4, 0.5) is 19.0 Å². The Morgan fingerprint density at radius 2 is 1.81 bits per heavy atom. The Kier molecular flexibility index (Phi) is 6.25. The molecule has 0 unspecified atom stereocenters. The minimum atomic E-state index is -1.01. The molecule has 1 amide bonds. The van der Waals surface area contributed by atoms with Crippen molar-refractivity contribution >= 4 is 11.7 Å².